The lowest BCUT2D eigenvalue weighted by atomic mass is 10.1. The molecule has 0 aromatic heterocycles. The predicted octanol–water partition coefficient (Wildman–Crippen LogP) is 0.885. The van der Waals surface area contributed by atoms with Gasteiger partial charge in [-0.25, -0.2) is 0 Å². The van der Waals surface area contributed by atoms with Crippen LogP contribution in [0, 0.1) is 6.92 Å². The molecular formula is C14H23N3O2. The van der Waals surface area contributed by atoms with E-state index >= 15 is 0 Å². The molecule has 0 heterocycles. The fourth-order valence-electron chi connectivity index (χ4n) is 1.55. The lowest BCUT2D eigenvalue weighted by Crippen LogP contribution is -2.29. The fourth-order valence-corrected chi connectivity index (χ4v) is 1.55. The first-order chi connectivity index (χ1) is 9.00. The Morgan fingerprint density at radius 1 is 1.37 bits per heavy atom. The van der Waals surface area contributed by atoms with Gasteiger partial charge in [0.1, 0.15) is 0 Å². The van der Waals surface area contributed by atoms with Crippen molar-refractivity contribution in [1.82, 2.24) is 10.2 Å². The number of likely N-dealkylation sites (N-methyl/N-ethyl adjacent to an activating group) is 1. The molecule has 5 nitrogen and oxygen atoms in total. The first-order valence-electron chi connectivity index (χ1n) is 6.37. The van der Waals surface area contributed by atoms with Gasteiger partial charge in [0.05, 0.1) is 18.8 Å². The van der Waals surface area contributed by atoms with Gasteiger partial charge in [0.2, 0.25) is 0 Å². The molecule has 1 aromatic rings. The number of benzene rings is 1. The van der Waals surface area contributed by atoms with Crippen molar-refractivity contribution < 1.29 is 9.53 Å². The smallest absolute Gasteiger partial charge is 0.253 e. The Bertz CT molecular complexity index is 419. The van der Waals surface area contributed by atoms with Crippen LogP contribution in [0.2, 0.25) is 0 Å². The minimum atomic E-state index is -0.155. The number of rotatable bonds is 7. The van der Waals surface area contributed by atoms with E-state index in [-0.39, 0.29) is 5.91 Å². The van der Waals surface area contributed by atoms with Gasteiger partial charge in [-0.15, -0.1) is 0 Å². The van der Waals surface area contributed by atoms with Crippen LogP contribution in [-0.4, -0.2) is 51.2 Å². The summed E-state index contributed by atoms with van der Waals surface area (Å²) in [6.07, 6.45) is 0. The summed E-state index contributed by atoms with van der Waals surface area (Å²) in [6, 6.07) is 5.42. The maximum atomic E-state index is 11.9. The highest BCUT2D eigenvalue weighted by atomic mass is 16.5. The number of carbonyl (C=O) groups excluding carboxylic acids is 1. The highest BCUT2D eigenvalue weighted by Crippen LogP contribution is 2.13. The number of anilines is 1. The Morgan fingerprint density at radius 2 is 2.11 bits per heavy atom. The number of carbonyl (C=O) groups is 1. The number of ether oxygens (including phenoxy) is 1. The van der Waals surface area contributed by atoms with Gasteiger partial charge in [-0.1, -0.05) is 11.6 Å². The lowest BCUT2D eigenvalue weighted by molar-refractivity contribution is 0.0901. The molecule has 106 valence electrons. The van der Waals surface area contributed by atoms with Gasteiger partial charge in [0, 0.05) is 18.8 Å². The van der Waals surface area contributed by atoms with Crippen molar-refractivity contribution in [3.05, 3.63) is 29.3 Å². The van der Waals surface area contributed by atoms with Gasteiger partial charge in [-0.05, 0) is 33.2 Å². The summed E-state index contributed by atoms with van der Waals surface area (Å²) in [5.74, 6) is -0.155. The zero-order valence-corrected chi connectivity index (χ0v) is 11.9. The van der Waals surface area contributed by atoms with Gasteiger partial charge in [0.25, 0.3) is 5.91 Å². The van der Waals surface area contributed by atoms with Crippen molar-refractivity contribution in [2.45, 2.75) is 6.92 Å². The maximum absolute atomic E-state index is 11.9. The van der Waals surface area contributed by atoms with Gasteiger partial charge >= 0.3 is 0 Å². The summed E-state index contributed by atoms with van der Waals surface area (Å²) in [7, 11) is 3.98. The zero-order valence-electron chi connectivity index (χ0n) is 11.9. The van der Waals surface area contributed by atoms with E-state index in [1.165, 1.54) is 0 Å². The summed E-state index contributed by atoms with van der Waals surface area (Å²) in [4.78, 5) is 14.0. The molecule has 0 fully saturated rings. The van der Waals surface area contributed by atoms with Crippen molar-refractivity contribution in [2.75, 3.05) is 46.1 Å². The van der Waals surface area contributed by atoms with Crippen molar-refractivity contribution in [3.63, 3.8) is 0 Å². The van der Waals surface area contributed by atoms with E-state index in [0.717, 1.165) is 12.1 Å². The van der Waals surface area contributed by atoms with E-state index in [1.807, 2.05) is 32.0 Å². The molecule has 5 heteroatoms. The Hall–Kier alpha value is -1.59. The largest absolute Gasteiger partial charge is 0.398 e. The first kappa shape index (κ1) is 15.5. The van der Waals surface area contributed by atoms with Crippen molar-refractivity contribution in [3.8, 4) is 0 Å². The van der Waals surface area contributed by atoms with E-state index in [0.29, 0.717) is 31.0 Å². The van der Waals surface area contributed by atoms with Gasteiger partial charge in [-0.2, -0.15) is 0 Å². The third kappa shape index (κ3) is 5.72. The van der Waals surface area contributed by atoms with E-state index in [9.17, 15) is 4.79 Å². The second-order valence-corrected chi connectivity index (χ2v) is 4.76. The number of hydrogen-bond donors (Lipinski definition) is 2. The molecule has 3 N–H and O–H groups in total. The molecule has 19 heavy (non-hydrogen) atoms. The fraction of sp³-hybridized carbons (Fsp3) is 0.500. The standard InChI is InChI=1S/C14H23N3O2/c1-11-4-5-13(15)12(10-11)14(18)16-6-8-19-9-7-17(2)3/h4-5,10H,6-9,15H2,1-3H3,(H,16,18). The molecule has 0 aliphatic heterocycles. The topological polar surface area (TPSA) is 67.6 Å². The van der Waals surface area contributed by atoms with Crippen molar-refractivity contribution in [2.24, 2.45) is 0 Å². The van der Waals surface area contributed by atoms with E-state index in [1.54, 1.807) is 12.1 Å². The van der Waals surface area contributed by atoms with Crippen LogP contribution >= 0.6 is 0 Å². The molecular weight excluding hydrogens is 242 g/mol. The molecule has 0 unspecified atom stereocenters. The van der Waals surface area contributed by atoms with Crippen LogP contribution in [0.5, 0.6) is 0 Å². The van der Waals surface area contributed by atoms with Crippen molar-refractivity contribution in [1.29, 1.82) is 0 Å². The number of aryl methyl sites for hydroxylation is 1. The van der Waals surface area contributed by atoms with E-state index in [2.05, 4.69) is 5.32 Å². The Labute approximate surface area is 114 Å². The number of nitrogen functional groups attached to an aromatic ring is 1. The molecule has 1 amide bonds. The third-order valence-corrected chi connectivity index (χ3v) is 2.67. The SMILES string of the molecule is Cc1ccc(N)c(C(=O)NCCOCCN(C)C)c1. The monoisotopic (exact) mass is 265 g/mol. The first-order valence-corrected chi connectivity index (χ1v) is 6.37. The molecule has 1 aromatic carbocycles. The Balaban J connectivity index is 2.29. The van der Waals surface area contributed by atoms with Crippen LogP contribution in [0.1, 0.15) is 15.9 Å². The summed E-state index contributed by atoms with van der Waals surface area (Å²) in [5.41, 5.74) is 7.81. The van der Waals surface area contributed by atoms with Crippen LogP contribution < -0.4 is 11.1 Å². The summed E-state index contributed by atoms with van der Waals surface area (Å²) in [6.45, 7) is 4.46. The molecule has 0 saturated carbocycles. The second-order valence-electron chi connectivity index (χ2n) is 4.76. The quantitative estimate of drug-likeness (QED) is 0.567. The summed E-state index contributed by atoms with van der Waals surface area (Å²) >= 11 is 0. The minimum absolute atomic E-state index is 0.155. The molecule has 0 atom stereocenters. The zero-order chi connectivity index (χ0) is 14.3. The summed E-state index contributed by atoms with van der Waals surface area (Å²) < 4.78 is 5.40. The predicted molar refractivity (Wildman–Crippen MR) is 77.3 cm³/mol. The van der Waals surface area contributed by atoms with Crippen LogP contribution in [0.25, 0.3) is 0 Å². The Kier molecular flexibility index (Phi) is 6.32. The van der Waals surface area contributed by atoms with Crippen LogP contribution in [0.3, 0.4) is 0 Å². The van der Waals surface area contributed by atoms with E-state index < -0.39 is 0 Å². The lowest BCUT2D eigenvalue weighted by Gasteiger charge is -2.11. The average molecular weight is 265 g/mol. The summed E-state index contributed by atoms with van der Waals surface area (Å²) in [5, 5.41) is 2.80. The highest BCUT2D eigenvalue weighted by Gasteiger charge is 2.08. The molecule has 0 aliphatic rings. The average Bonchev–Trinajstić information content (AvgIpc) is 2.36. The van der Waals surface area contributed by atoms with Gasteiger partial charge in [0.15, 0.2) is 0 Å². The molecule has 0 spiro atoms. The molecule has 1 rings (SSSR count). The van der Waals surface area contributed by atoms with Gasteiger partial charge < -0.3 is 20.7 Å². The number of nitrogens with zero attached hydrogens (tertiary/aromatic N) is 1. The normalized spacial score (nSPS) is 10.7. The number of amides is 1. The number of hydrogen-bond acceptors (Lipinski definition) is 4. The number of nitrogens with one attached hydrogen (secondary N) is 1. The minimum Gasteiger partial charge on any atom is -0.398 e. The molecule has 0 saturated heterocycles. The van der Waals surface area contributed by atoms with Crippen LogP contribution in [0.4, 0.5) is 5.69 Å². The van der Waals surface area contributed by atoms with Crippen LogP contribution in [0.15, 0.2) is 18.2 Å². The molecule has 0 radical (unpaired) electrons. The molecule has 0 aliphatic carbocycles. The second kappa shape index (κ2) is 7.76. The third-order valence-electron chi connectivity index (χ3n) is 2.67. The van der Waals surface area contributed by atoms with Crippen LogP contribution in [-0.2, 0) is 4.74 Å². The van der Waals surface area contributed by atoms with Gasteiger partial charge in [-0.3, -0.25) is 4.79 Å². The van der Waals surface area contributed by atoms with E-state index in [4.69, 9.17) is 10.5 Å². The van der Waals surface area contributed by atoms with Crippen molar-refractivity contribution >= 4 is 11.6 Å². The molecule has 0 bridgehead atoms. The maximum Gasteiger partial charge on any atom is 0.253 e. The highest BCUT2D eigenvalue weighted by molar-refractivity contribution is 5.99. The Morgan fingerprint density at radius 3 is 2.79 bits per heavy atom. The number of nitrogens with two attached hydrogens (primary N) is 1.